The summed E-state index contributed by atoms with van der Waals surface area (Å²) in [6.07, 6.45) is 6.86. The number of H-pyrrole nitrogens is 1. The van der Waals surface area contributed by atoms with E-state index in [-0.39, 0.29) is 29.6 Å². The Bertz CT molecular complexity index is 2260. The summed E-state index contributed by atoms with van der Waals surface area (Å²) in [4.78, 5) is 60.9. The summed E-state index contributed by atoms with van der Waals surface area (Å²) in [5.74, 6) is -1.34. The summed E-state index contributed by atoms with van der Waals surface area (Å²) in [5.41, 5.74) is 2.88. The molecule has 20 nitrogen and oxygen atoms in total. The van der Waals surface area contributed by atoms with Crippen LogP contribution in [-0.2, 0) is 23.7 Å². The van der Waals surface area contributed by atoms with E-state index >= 15 is 0 Å². The number of benzene rings is 1. The van der Waals surface area contributed by atoms with E-state index < -0.39 is 17.6 Å². The normalized spacial score (nSPS) is 14.7. The van der Waals surface area contributed by atoms with Crippen molar-refractivity contribution in [3.05, 3.63) is 71.6 Å². The van der Waals surface area contributed by atoms with Gasteiger partial charge in [-0.2, -0.15) is 9.94 Å². The van der Waals surface area contributed by atoms with Gasteiger partial charge in [-0.3, -0.25) is 19.3 Å². The molecular formula is C48H67N11O9. The number of aromatic amines is 1. The monoisotopic (exact) mass is 942 g/mol. The lowest BCUT2D eigenvalue weighted by molar-refractivity contribution is -0.126. The van der Waals surface area contributed by atoms with Gasteiger partial charge < -0.3 is 53.8 Å². The maximum atomic E-state index is 13.8. The number of nitrogens with one attached hydrogen (secondary N) is 2. The van der Waals surface area contributed by atoms with Crippen LogP contribution in [0.2, 0.25) is 0 Å². The highest BCUT2D eigenvalue weighted by Gasteiger charge is 2.31. The first-order chi connectivity index (χ1) is 33.3. The minimum atomic E-state index is -0.712. The Labute approximate surface area is 398 Å². The van der Waals surface area contributed by atoms with E-state index in [1.54, 1.807) is 0 Å². The number of aliphatic hydroxyl groups excluding tert-OH is 1. The predicted molar refractivity (Wildman–Crippen MR) is 254 cm³/mol. The average molecular weight is 942 g/mol. The number of rotatable bonds is 29. The maximum absolute atomic E-state index is 13.8. The third-order valence-electron chi connectivity index (χ3n) is 12.0. The zero-order valence-electron chi connectivity index (χ0n) is 39.5. The fourth-order valence-corrected chi connectivity index (χ4v) is 8.33. The number of Topliss-reactive ketones (excluding diaryl/α,β-unsaturated/α-hetero) is 1. The van der Waals surface area contributed by atoms with Crippen molar-refractivity contribution >= 4 is 34.1 Å². The lowest BCUT2D eigenvalue weighted by Gasteiger charge is -2.35. The van der Waals surface area contributed by atoms with Crippen LogP contribution in [0.5, 0.6) is 5.75 Å². The van der Waals surface area contributed by atoms with Crippen molar-refractivity contribution in [2.24, 2.45) is 0 Å². The number of ether oxygens (including phenoxy) is 5. The lowest BCUT2D eigenvalue weighted by Crippen LogP contribution is -2.47. The van der Waals surface area contributed by atoms with Crippen LogP contribution in [0, 0.1) is 11.3 Å². The number of carbonyl (C=O) groups is 3. The van der Waals surface area contributed by atoms with Crippen molar-refractivity contribution in [1.82, 2.24) is 49.6 Å². The first-order valence-electron chi connectivity index (χ1n) is 23.7. The van der Waals surface area contributed by atoms with Gasteiger partial charge in [-0.25, -0.2) is 9.97 Å². The SMILES string of the molecule is CCOCCOCCOCCOCCN1CCN(CCCN(CCO)CCCNC(=O)c2ncn(-c3ncc(OC)c4c(C(=O)C(=O)N5CCC(=C(C#N)c6ccccc6)CC5)c[nH]c34)n2)CC1. The largest absolute Gasteiger partial charge is 0.494 e. The molecule has 5 heterocycles. The molecule has 2 amide bonds. The summed E-state index contributed by atoms with van der Waals surface area (Å²) in [6.45, 7) is 15.9. The first kappa shape index (κ1) is 51.8. The Morgan fingerprint density at radius 2 is 1.51 bits per heavy atom. The van der Waals surface area contributed by atoms with Crippen LogP contribution in [0.4, 0.5) is 0 Å². The quantitative estimate of drug-likeness (QED) is 0.0308. The molecule has 0 spiro atoms. The van der Waals surface area contributed by atoms with Crippen molar-refractivity contribution in [3.8, 4) is 17.6 Å². The molecule has 20 heteroatoms. The summed E-state index contributed by atoms with van der Waals surface area (Å²) >= 11 is 0. The van der Waals surface area contributed by atoms with Crippen molar-refractivity contribution in [3.63, 3.8) is 0 Å². The molecule has 0 saturated carbocycles. The van der Waals surface area contributed by atoms with Crippen molar-refractivity contribution in [1.29, 1.82) is 5.26 Å². The number of pyridine rings is 1. The smallest absolute Gasteiger partial charge is 0.295 e. The summed E-state index contributed by atoms with van der Waals surface area (Å²) in [5, 5.41) is 27.2. The lowest BCUT2D eigenvalue weighted by atomic mass is 9.93. The van der Waals surface area contributed by atoms with Gasteiger partial charge in [-0.1, -0.05) is 30.3 Å². The zero-order valence-corrected chi connectivity index (χ0v) is 39.5. The van der Waals surface area contributed by atoms with Gasteiger partial charge in [-0.15, -0.1) is 5.10 Å². The number of piperazine rings is 1. The van der Waals surface area contributed by atoms with Crippen molar-refractivity contribution in [2.75, 3.05) is 145 Å². The van der Waals surface area contributed by atoms with E-state index in [2.05, 4.69) is 46.1 Å². The molecule has 0 atom stereocenters. The molecule has 0 aliphatic carbocycles. The van der Waals surface area contributed by atoms with Crippen molar-refractivity contribution < 1.29 is 43.2 Å². The van der Waals surface area contributed by atoms with Crippen LogP contribution in [-0.4, -0.2) is 212 Å². The third-order valence-corrected chi connectivity index (χ3v) is 12.0. The highest BCUT2D eigenvalue weighted by Crippen LogP contribution is 2.33. The van der Waals surface area contributed by atoms with E-state index in [9.17, 15) is 24.8 Å². The molecule has 68 heavy (non-hydrogen) atoms. The van der Waals surface area contributed by atoms with Crippen LogP contribution in [0.1, 0.15) is 59.1 Å². The second-order valence-corrected chi connectivity index (χ2v) is 16.4. The van der Waals surface area contributed by atoms with E-state index in [4.69, 9.17) is 23.7 Å². The van der Waals surface area contributed by atoms with Gasteiger partial charge in [0.25, 0.3) is 17.6 Å². The highest BCUT2D eigenvalue weighted by molar-refractivity contribution is 6.45. The van der Waals surface area contributed by atoms with Crippen LogP contribution in [0.15, 0.2) is 54.6 Å². The fraction of sp³-hybridized carbons (Fsp3) is 0.562. The number of fused-ring (bicyclic) bond motifs is 1. The number of hydrogen-bond acceptors (Lipinski definition) is 16. The second kappa shape index (κ2) is 28.0. The van der Waals surface area contributed by atoms with Gasteiger partial charge >= 0.3 is 0 Å². The minimum absolute atomic E-state index is 0.0565. The van der Waals surface area contributed by atoms with Gasteiger partial charge in [0.1, 0.15) is 12.1 Å². The number of piperidine rings is 1. The number of likely N-dealkylation sites (tertiary alicyclic amines) is 1. The van der Waals surface area contributed by atoms with Gasteiger partial charge in [0.2, 0.25) is 5.82 Å². The molecule has 1 aromatic carbocycles. The molecule has 2 saturated heterocycles. The van der Waals surface area contributed by atoms with E-state index in [1.807, 2.05) is 37.3 Å². The Morgan fingerprint density at radius 1 is 0.853 bits per heavy atom. The predicted octanol–water partition coefficient (Wildman–Crippen LogP) is 2.44. The standard InChI is InChI=1S/C48H67N11O9/c1-3-65-27-28-67-31-32-68-30-29-66-26-24-57-21-19-56(20-22-57)16-8-15-55(23-25-60)14-7-13-50-47(62)45-53-36-59(54-45)46-43-42(41(64-2)35-52-46)40(34-51-43)44(61)48(63)58-17-11-38(12-18-58)39(33-49)37-9-5-4-6-10-37/h4-6,9-10,34-36,51,60H,3,7-8,11-32H2,1-2H3,(H,50,62). The molecule has 0 bridgehead atoms. The fourth-order valence-electron chi connectivity index (χ4n) is 8.33. The Morgan fingerprint density at radius 3 is 2.18 bits per heavy atom. The van der Waals surface area contributed by atoms with E-state index in [1.165, 1.54) is 35.4 Å². The van der Waals surface area contributed by atoms with Crippen molar-refractivity contribution in [2.45, 2.75) is 32.6 Å². The number of nitriles is 1. The molecule has 3 N–H and O–H groups in total. The molecule has 0 radical (unpaired) electrons. The number of amides is 2. The number of nitrogens with zero attached hydrogens (tertiary/aromatic N) is 9. The Hall–Kier alpha value is -5.63. The highest BCUT2D eigenvalue weighted by atomic mass is 16.6. The van der Waals surface area contributed by atoms with Gasteiger partial charge in [0, 0.05) is 71.7 Å². The molecule has 3 aromatic heterocycles. The molecule has 2 fully saturated rings. The van der Waals surface area contributed by atoms with Crippen LogP contribution >= 0.6 is 0 Å². The topological polar surface area (TPSA) is 226 Å². The number of carbonyl (C=O) groups excluding carboxylic acids is 3. The summed E-state index contributed by atoms with van der Waals surface area (Å²) in [7, 11) is 1.45. The molecule has 2 aliphatic heterocycles. The van der Waals surface area contributed by atoms with E-state index in [0.29, 0.717) is 121 Å². The number of ketones is 1. The van der Waals surface area contributed by atoms with Crippen LogP contribution < -0.4 is 10.1 Å². The number of aromatic nitrogens is 5. The molecule has 368 valence electrons. The Kier molecular flexibility index (Phi) is 21.3. The summed E-state index contributed by atoms with van der Waals surface area (Å²) in [6, 6.07) is 11.8. The zero-order chi connectivity index (χ0) is 47.9. The van der Waals surface area contributed by atoms with Gasteiger partial charge in [0.05, 0.1) is 94.3 Å². The molecule has 6 rings (SSSR count). The number of allylic oxidation sites excluding steroid dienone is 1. The van der Waals surface area contributed by atoms with Crippen LogP contribution in [0.3, 0.4) is 0 Å². The van der Waals surface area contributed by atoms with Gasteiger partial charge in [0.15, 0.2) is 5.82 Å². The van der Waals surface area contributed by atoms with E-state index in [0.717, 1.165) is 63.4 Å². The Balaban J connectivity index is 0.897. The molecule has 0 unspecified atom stereocenters. The van der Waals surface area contributed by atoms with Gasteiger partial charge in [-0.05, 0) is 63.4 Å². The number of aliphatic hydroxyl groups is 1. The minimum Gasteiger partial charge on any atom is -0.494 e. The third kappa shape index (κ3) is 14.9. The molecular weight excluding hydrogens is 875 g/mol. The molecule has 4 aromatic rings. The van der Waals surface area contributed by atoms with Crippen LogP contribution in [0.25, 0.3) is 22.3 Å². The maximum Gasteiger partial charge on any atom is 0.295 e. The summed E-state index contributed by atoms with van der Waals surface area (Å²) < 4.78 is 28.9. The molecule has 2 aliphatic rings. The number of hydrogen-bond donors (Lipinski definition) is 3. The number of methoxy groups -OCH3 is 1. The first-order valence-corrected chi connectivity index (χ1v) is 23.7. The second-order valence-electron chi connectivity index (χ2n) is 16.4. The average Bonchev–Trinajstić information content (AvgIpc) is 4.05.